The summed E-state index contributed by atoms with van der Waals surface area (Å²) >= 11 is 0. The van der Waals surface area contributed by atoms with E-state index in [0.717, 1.165) is 30.8 Å². The molecule has 0 atom stereocenters. The van der Waals surface area contributed by atoms with Crippen molar-refractivity contribution in [3.63, 3.8) is 0 Å². The molecule has 0 bridgehead atoms. The molecule has 3 rings (SSSR count). The molecule has 5 heteroatoms. The number of aryl methyl sites for hydroxylation is 2. The smallest absolute Gasteiger partial charge is 0.287 e. The summed E-state index contributed by atoms with van der Waals surface area (Å²) in [7, 11) is 0. The average molecular weight is 328 g/mol. The minimum Gasteiger partial charge on any atom is -0.450 e. The van der Waals surface area contributed by atoms with Crippen molar-refractivity contribution in [1.82, 2.24) is 10.2 Å². The van der Waals surface area contributed by atoms with Crippen molar-refractivity contribution in [3.05, 3.63) is 45.3 Å². The second-order valence-corrected chi connectivity index (χ2v) is 6.59. The maximum Gasteiger partial charge on any atom is 0.287 e. The number of nitrogens with zero attached hydrogens (tertiary/aromatic N) is 1. The van der Waals surface area contributed by atoms with Gasteiger partial charge in [0.2, 0.25) is 0 Å². The van der Waals surface area contributed by atoms with E-state index < -0.39 is 0 Å². The quantitative estimate of drug-likeness (QED) is 0.937. The minimum atomic E-state index is -0.328. The molecule has 1 aliphatic rings. The summed E-state index contributed by atoms with van der Waals surface area (Å²) in [5.74, 6) is -0.246. The van der Waals surface area contributed by atoms with E-state index in [1.807, 2.05) is 19.9 Å². The van der Waals surface area contributed by atoms with Crippen LogP contribution in [0.4, 0.5) is 0 Å². The summed E-state index contributed by atoms with van der Waals surface area (Å²) in [6.07, 6.45) is 3.75. The number of hydrogen-bond donors (Lipinski definition) is 1. The normalized spacial score (nSPS) is 15.6. The van der Waals surface area contributed by atoms with E-state index in [0.29, 0.717) is 17.5 Å². The molecule has 128 valence electrons. The lowest BCUT2D eigenvalue weighted by Gasteiger charge is -2.26. The van der Waals surface area contributed by atoms with E-state index in [1.165, 1.54) is 25.3 Å². The van der Waals surface area contributed by atoms with E-state index in [2.05, 4.69) is 10.2 Å². The van der Waals surface area contributed by atoms with E-state index in [4.69, 9.17) is 4.42 Å². The molecule has 1 saturated heterocycles. The summed E-state index contributed by atoms with van der Waals surface area (Å²) in [6.45, 7) is 7.41. The highest BCUT2D eigenvalue weighted by atomic mass is 16.3. The Bertz CT molecular complexity index is 804. The molecule has 2 heterocycles. The molecular formula is C19H24N2O3. The van der Waals surface area contributed by atoms with Gasteiger partial charge in [-0.25, -0.2) is 0 Å². The Morgan fingerprint density at radius 3 is 2.67 bits per heavy atom. The van der Waals surface area contributed by atoms with Gasteiger partial charge in [-0.15, -0.1) is 0 Å². The summed E-state index contributed by atoms with van der Waals surface area (Å²) in [4.78, 5) is 26.9. The zero-order valence-corrected chi connectivity index (χ0v) is 14.4. The molecule has 5 nitrogen and oxygen atoms in total. The number of hydrogen-bond acceptors (Lipinski definition) is 4. The summed E-state index contributed by atoms with van der Waals surface area (Å²) < 4.78 is 5.71. The Hall–Kier alpha value is -2.14. The van der Waals surface area contributed by atoms with Crippen LogP contribution in [0.25, 0.3) is 11.0 Å². The Kier molecular flexibility index (Phi) is 5.00. The third-order valence-electron chi connectivity index (χ3n) is 4.54. The molecule has 0 aliphatic carbocycles. The number of likely N-dealkylation sites (tertiary alicyclic amines) is 1. The van der Waals surface area contributed by atoms with Crippen LogP contribution in [0.3, 0.4) is 0 Å². The maximum atomic E-state index is 12.3. The van der Waals surface area contributed by atoms with Gasteiger partial charge in [-0.05, 0) is 57.0 Å². The zero-order chi connectivity index (χ0) is 17.1. The van der Waals surface area contributed by atoms with Gasteiger partial charge in [-0.2, -0.15) is 0 Å². The van der Waals surface area contributed by atoms with Gasteiger partial charge >= 0.3 is 0 Å². The van der Waals surface area contributed by atoms with Crippen molar-refractivity contribution in [2.45, 2.75) is 33.1 Å². The topological polar surface area (TPSA) is 62.6 Å². The fraction of sp³-hybridized carbons (Fsp3) is 0.474. The van der Waals surface area contributed by atoms with Crippen molar-refractivity contribution in [2.75, 3.05) is 26.2 Å². The first-order chi connectivity index (χ1) is 11.5. The van der Waals surface area contributed by atoms with E-state index in [1.54, 1.807) is 6.07 Å². The highest BCUT2D eigenvalue weighted by Crippen LogP contribution is 2.19. The molecule has 0 unspecified atom stereocenters. The Balaban J connectivity index is 1.71. The lowest BCUT2D eigenvalue weighted by Crippen LogP contribution is -2.37. The first-order valence-corrected chi connectivity index (χ1v) is 8.60. The number of benzene rings is 1. The van der Waals surface area contributed by atoms with Gasteiger partial charge in [0.1, 0.15) is 5.58 Å². The predicted molar refractivity (Wildman–Crippen MR) is 94.6 cm³/mol. The SMILES string of the molecule is Cc1cc(C)c2oc(C(=O)NCCN3CCCCC3)cc(=O)c2c1. The lowest BCUT2D eigenvalue weighted by atomic mass is 10.1. The monoisotopic (exact) mass is 328 g/mol. The number of amides is 1. The molecule has 24 heavy (non-hydrogen) atoms. The largest absolute Gasteiger partial charge is 0.450 e. The highest BCUT2D eigenvalue weighted by Gasteiger charge is 2.15. The summed E-state index contributed by atoms with van der Waals surface area (Å²) in [5, 5.41) is 3.38. The minimum absolute atomic E-state index is 0.0816. The van der Waals surface area contributed by atoms with Crippen LogP contribution in [0.15, 0.2) is 27.4 Å². The van der Waals surface area contributed by atoms with Crippen LogP contribution in [0.5, 0.6) is 0 Å². The van der Waals surface area contributed by atoms with Crippen LogP contribution in [0.1, 0.15) is 40.9 Å². The zero-order valence-electron chi connectivity index (χ0n) is 14.4. The van der Waals surface area contributed by atoms with Crippen molar-refractivity contribution in [2.24, 2.45) is 0 Å². The Labute approximate surface area is 141 Å². The second-order valence-electron chi connectivity index (χ2n) is 6.59. The standard InChI is InChI=1S/C19H24N2O3/c1-13-10-14(2)18-15(11-13)16(22)12-17(24-18)19(23)20-6-9-21-7-4-3-5-8-21/h10-12H,3-9H2,1-2H3,(H,20,23). The van der Waals surface area contributed by atoms with E-state index in [-0.39, 0.29) is 17.1 Å². The van der Waals surface area contributed by atoms with Crippen molar-refractivity contribution >= 4 is 16.9 Å². The molecule has 2 aromatic rings. The second kappa shape index (κ2) is 7.18. The maximum absolute atomic E-state index is 12.3. The van der Waals surface area contributed by atoms with Gasteiger partial charge in [0.25, 0.3) is 5.91 Å². The number of carbonyl (C=O) groups is 1. The molecule has 1 N–H and O–H groups in total. The molecular weight excluding hydrogens is 304 g/mol. The van der Waals surface area contributed by atoms with Gasteiger partial charge < -0.3 is 14.6 Å². The number of fused-ring (bicyclic) bond motifs is 1. The lowest BCUT2D eigenvalue weighted by molar-refractivity contribution is 0.0919. The van der Waals surface area contributed by atoms with E-state index in [9.17, 15) is 9.59 Å². The van der Waals surface area contributed by atoms with Crippen LogP contribution in [-0.4, -0.2) is 37.0 Å². The van der Waals surface area contributed by atoms with Gasteiger partial charge in [-0.1, -0.05) is 12.5 Å². The van der Waals surface area contributed by atoms with Crippen LogP contribution in [-0.2, 0) is 0 Å². The molecule has 0 spiro atoms. The van der Waals surface area contributed by atoms with Crippen LogP contribution in [0.2, 0.25) is 0 Å². The first-order valence-electron chi connectivity index (χ1n) is 8.60. The number of nitrogens with one attached hydrogen (secondary N) is 1. The van der Waals surface area contributed by atoms with Crippen molar-refractivity contribution in [1.29, 1.82) is 0 Å². The Morgan fingerprint density at radius 2 is 1.92 bits per heavy atom. The van der Waals surface area contributed by atoms with Crippen LogP contribution >= 0.6 is 0 Å². The number of rotatable bonds is 4. The Morgan fingerprint density at radius 1 is 1.17 bits per heavy atom. The molecule has 0 radical (unpaired) electrons. The molecule has 1 aromatic heterocycles. The number of piperidine rings is 1. The first kappa shape index (κ1) is 16.7. The summed E-state index contributed by atoms with van der Waals surface area (Å²) in [6, 6.07) is 5.03. The van der Waals surface area contributed by atoms with Crippen LogP contribution < -0.4 is 10.7 Å². The van der Waals surface area contributed by atoms with E-state index >= 15 is 0 Å². The average Bonchev–Trinajstić information content (AvgIpc) is 2.56. The molecule has 1 fully saturated rings. The third kappa shape index (κ3) is 3.67. The third-order valence-corrected chi connectivity index (χ3v) is 4.54. The van der Waals surface area contributed by atoms with Crippen LogP contribution in [0, 0.1) is 13.8 Å². The highest BCUT2D eigenvalue weighted by molar-refractivity contribution is 5.93. The van der Waals surface area contributed by atoms with Gasteiger partial charge in [0.15, 0.2) is 11.2 Å². The molecule has 1 aliphatic heterocycles. The van der Waals surface area contributed by atoms with Gasteiger partial charge in [0.05, 0.1) is 5.39 Å². The fourth-order valence-corrected chi connectivity index (χ4v) is 3.32. The van der Waals surface area contributed by atoms with Gasteiger partial charge in [0, 0.05) is 19.2 Å². The molecule has 0 saturated carbocycles. The number of carbonyl (C=O) groups excluding carboxylic acids is 1. The van der Waals surface area contributed by atoms with Crippen molar-refractivity contribution < 1.29 is 9.21 Å². The molecule has 1 amide bonds. The predicted octanol–water partition coefficient (Wildman–Crippen LogP) is 2.63. The fourth-order valence-electron chi connectivity index (χ4n) is 3.32. The summed E-state index contributed by atoms with van der Waals surface area (Å²) in [5.41, 5.74) is 2.19. The van der Waals surface area contributed by atoms with Crippen molar-refractivity contribution in [3.8, 4) is 0 Å². The van der Waals surface area contributed by atoms with Gasteiger partial charge in [-0.3, -0.25) is 9.59 Å². The molecule has 1 aromatic carbocycles.